The second-order valence-electron chi connectivity index (χ2n) is 13.4. The summed E-state index contributed by atoms with van der Waals surface area (Å²) < 4.78 is 11.1. The Bertz CT molecular complexity index is 674. The molecule has 0 aromatic rings. The van der Waals surface area contributed by atoms with Crippen molar-refractivity contribution >= 4 is 5.97 Å². The maximum atomic E-state index is 11.7. The first kappa shape index (κ1) is 37.5. The van der Waals surface area contributed by atoms with Gasteiger partial charge < -0.3 is 29.9 Å². The first-order valence-electron chi connectivity index (χ1n) is 17.9. The van der Waals surface area contributed by atoms with Crippen molar-refractivity contribution in [1.29, 1.82) is 0 Å². The molecule has 8 unspecified atom stereocenters. The molecule has 7 heteroatoms. The van der Waals surface area contributed by atoms with Gasteiger partial charge in [-0.1, -0.05) is 116 Å². The lowest BCUT2D eigenvalue weighted by molar-refractivity contribution is -0.143. The van der Waals surface area contributed by atoms with Crippen molar-refractivity contribution in [1.82, 2.24) is 0 Å². The van der Waals surface area contributed by atoms with Crippen molar-refractivity contribution in [2.75, 3.05) is 0 Å². The minimum Gasteiger partial charge on any atom is -0.460 e. The van der Waals surface area contributed by atoms with Gasteiger partial charge in [0.1, 0.15) is 12.2 Å². The first-order chi connectivity index (χ1) is 20.3. The maximum Gasteiger partial charge on any atom is 0.312 e. The summed E-state index contributed by atoms with van der Waals surface area (Å²) in [7, 11) is 0. The van der Waals surface area contributed by atoms with Gasteiger partial charge in [-0.25, -0.2) is 0 Å². The van der Waals surface area contributed by atoms with Gasteiger partial charge in [-0.05, 0) is 51.9 Å². The molecule has 8 atom stereocenters. The number of esters is 1. The van der Waals surface area contributed by atoms with E-state index in [9.17, 15) is 25.2 Å². The van der Waals surface area contributed by atoms with Crippen LogP contribution in [0.3, 0.4) is 0 Å². The molecule has 2 fully saturated rings. The standard InChI is InChI=1S/C35H66O7/c1-3-4-5-6-7-8-9-10-14-17-23-30(37)32-25-26-33(42-32)31(38)24-19-18-21-28(36)20-15-12-11-13-16-22-29-34(39)27(2)41-35(29)40/h27-34,36-39H,3-26H2,1-2H3. The highest BCUT2D eigenvalue weighted by Crippen LogP contribution is 2.29. The van der Waals surface area contributed by atoms with Crippen molar-refractivity contribution < 1.29 is 34.7 Å². The Hall–Kier alpha value is -0.730. The average molecular weight is 599 g/mol. The van der Waals surface area contributed by atoms with E-state index in [1.165, 1.54) is 57.8 Å². The van der Waals surface area contributed by atoms with Crippen molar-refractivity contribution in [3.8, 4) is 0 Å². The fourth-order valence-electron chi connectivity index (χ4n) is 6.72. The molecule has 0 radical (unpaired) electrons. The monoisotopic (exact) mass is 598 g/mol. The number of hydrogen-bond acceptors (Lipinski definition) is 7. The second kappa shape index (κ2) is 22.7. The Morgan fingerprint density at radius 1 is 0.667 bits per heavy atom. The van der Waals surface area contributed by atoms with Crippen LogP contribution in [0.1, 0.15) is 168 Å². The van der Waals surface area contributed by atoms with Crippen LogP contribution >= 0.6 is 0 Å². The number of carbonyl (C=O) groups excluding carboxylic acids is 1. The molecule has 0 saturated carbocycles. The van der Waals surface area contributed by atoms with E-state index >= 15 is 0 Å². The lowest BCUT2D eigenvalue weighted by atomic mass is 9.94. The van der Waals surface area contributed by atoms with Crippen LogP contribution in [0.25, 0.3) is 0 Å². The summed E-state index contributed by atoms with van der Waals surface area (Å²) >= 11 is 0. The maximum absolute atomic E-state index is 11.7. The fraction of sp³-hybridized carbons (Fsp3) is 0.971. The summed E-state index contributed by atoms with van der Waals surface area (Å²) in [6.07, 6.45) is 22.5. The van der Waals surface area contributed by atoms with Gasteiger partial charge in [0.05, 0.1) is 36.4 Å². The molecule has 0 aromatic carbocycles. The van der Waals surface area contributed by atoms with Crippen LogP contribution in [0.4, 0.5) is 0 Å². The largest absolute Gasteiger partial charge is 0.460 e. The summed E-state index contributed by atoms with van der Waals surface area (Å²) in [6.45, 7) is 3.99. The Morgan fingerprint density at radius 2 is 1.10 bits per heavy atom. The van der Waals surface area contributed by atoms with Crippen molar-refractivity contribution in [2.24, 2.45) is 5.92 Å². The van der Waals surface area contributed by atoms with Gasteiger partial charge >= 0.3 is 5.97 Å². The lowest BCUT2D eigenvalue weighted by Crippen LogP contribution is -2.31. The van der Waals surface area contributed by atoms with E-state index in [1.807, 2.05) is 0 Å². The van der Waals surface area contributed by atoms with Crippen molar-refractivity contribution in [3.63, 3.8) is 0 Å². The summed E-state index contributed by atoms with van der Waals surface area (Å²) in [5.74, 6) is -0.632. The van der Waals surface area contributed by atoms with Gasteiger partial charge in [0.2, 0.25) is 0 Å². The fourth-order valence-corrected chi connectivity index (χ4v) is 6.72. The first-order valence-corrected chi connectivity index (χ1v) is 17.9. The molecule has 2 rings (SSSR count). The van der Waals surface area contributed by atoms with Crippen molar-refractivity contribution in [3.05, 3.63) is 0 Å². The molecule has 0 amide bonds. The molecule has 42 heavy (non-hydrogen) atoms. The number of aliphatic hydroxyl groups excluding tert-OH is 4. The van der Waals surface area contributed by atoms with Crippen LogP contribution in [0, 0.1) is 5.92 Å². The normalized spacial score (nSPS) is 26.4. The minimum absolute atomic E-state index is 0.139. The molecule has 2 heterocycles. The molecule has 248 valence electrons. The predicted molar refractivity (Wildman–Crippen MR) is 168 cm³/mol. The molecule has 0 aromatic heterocycles. The molecule has 0 spiro atoms. The van der Waals surface area contributed by atoms with Gasteiger partial charge in [-0.15, -0.1) is 0 Å². The molecule has 0 aliphatic carbocycles. The number of aliphatic hydroxyl groups is 4. The Morgan fingerprint density at radius 3 is 1.60 bits per heavy atom. The Kier molecular flexibility index (Phi) is 20.3. The number of hydrogen-bond donors (Lipinski definition) is 4. The van der Waals surface area contributed by atoms with Crippen LogP contribution in [0.15, 0.2) is 0 Å². The lowest BCUT2D eigenvalue weighted by Gasteiger charge is -2.22. The van der Waals surface area contributed by atoms with Crippen LogP contribution in [-0.4, -0.2) is 69.1 Å². The Labute approximate surface area is 257 Å². The summed E-state index contributed by atoms with van der Waals surface area (Å²) in [4.78, 5) is 11.7. The third-order valence-corrected chi connectivity index (χ3v) is 9.63. The zero-order valence-electron chi connectivity index (χ0n) is 27.1. The number of unbranched alkanes of at least 4 members (excludes halogenated alkanes) is 14. The van der Waals surface area contributed by atoms with E-state index < -0.39 is 24.4 Å². The number of cyclic esters (lactones) is 1. The summed E-state index contributed by atoms with van der Waals surface area (Å²) in [5.41, 5.74) is 0. The quantitative estimate of drug-likeness (QED) is 0.0618. The second-order valence-corrected chi connectivity index (χ2v) is 13.4. The molecule has 2 aliphatic rings. The third kappa shape index (κ3) is 15.3. The molecule has 2 aliphatic heterocycles. The van der Waals surface area contributed by atoms with Crippen LogP contribution in [-0.2, 0) is 14.3 Å². The third-order valence-electron chi connectivity index (χ3n) is 9.63. The van der Waals surface area contributed by atoms with E-state index in [0.29, 0.717) is 12.8 Å². The van der Waals surface area contributed by atoms with E-state index in [2.05, 4.69) is 6.92 Å². The molecular formula is C35H66O7. The highest BCUT2D eigenvalue weighted by atomic mass is 16.6. The van der Waals surface area contributed by atoms with E-state index in [-0.39, 0.29) is 30.2 Å². The van der Waals surface area contributed by atoms with Crippen LogP contribution in [0.2, 0.25) is 0 Å². The molecule has 2 saturated heterocycles. The minimum atomic E-state index is -0.673. The molecular weight excluding hydrogens is 532 g/mol. The van der Waals surface area contributed by atoms with Crippen LogP contribution < -0.4 is 0 Å². The molecule has 4 N–H and O–H groups in total. The van der Waals surface area contributed by atoms with Gasteiger partial charge in [0.25, 0.3) is 0 Å². The van der Waals surface area contributed by atoms with Gasteiger partial charge in [0, 0.05) is 0 Å². The van der Waals surface area contributed by atoms with Gasteiger partial charge in [0.15, 0.2) is 0 Å². The SMILES string of the molecule is CCCCCCCCCCCCC(O)C1CCC(C(O)CCCCC(O)CCCCCCCC2C(=O)OC(C)C2O)O1. The molecule has 7 nitrogen and oxygen atoms in total. The number of rotatable bonds is 26. The zero-order valence-corrected chi connectivity index (χ0v) is 27.1. The van der Waals surface area contributed by atoms with E-state index in [1.54, 1.807) is 6.92 Å². The summed E-state index contributed by atoms with van der Waals surface area (Å²) in [5, 5.41) is 41.5. The zero-order chi connectivity index (χ0) is 30.6. The topological polar surface area (TPSA) is 116 Å². The Balaban J connectivity index is 1.39. The van der Waals surface area contributed by atoms with E-state index in [0.717, 1.165) is 83.5 Å². The number of ether oxygens (including phenoxy) is 2. The van der Waals surface area contributed by atoms with Gasteiger partial charge in [-0.3, -0.25) is 4.79 Å². The van der Waals surface area contributed by atoms with Crippen LogP contribution in [0.5, 0.6) is 0 Å². The highest BCUT2D eigenvalue weighted by molar-refractivity contribution is 5.75. The summed E-state index contributed by atoms with van der Waals surface area (Å²) in [6, 6.07) is 0. The predicted octanol–water partition coefficient (Wildman–Crippen LogP) is 7.14. The number of carbonyl (C=O) groups is 1. The smallest absolute Gasteiger partial charge is 0.312 e. The molecule has 0 bridgehead atoms. The average Bonchev–Trinajstić information content (AvgIpc) is 3.56. The van der Waals surface area contributed by atoms with Gasteiger partial charge in [-0.2, -0.15) is 0 Å². The highest BCUT2D eigenvalue weighted by Gasteiger charge is 2.40. The van der Waals surface area contributed by atoms with Crippen molar-refractivity contribution in [2.45, 2.75) is 211 Å². The van der Waals surface area contributed by atoms with E-state index in [4.69, 9.17) is 9.47 Å².